The van der Waals surface area contributed by atoms with E-state index in [-0.39, 0.29) is 16.5 Å². The Morgan fingerprint density at radius 3 is 1.74 bits per heavy atom. The highest BCUT2D eigenvalue weighted by Crippen LogP contribution is 2.42. The van der Waals surface area contributed by atoms with Gasteiger partial charge in [0.2, 0.25) is 5.79 Å². The summed E-state index contributed by atoms with van der Waals surface area (Å²) in [4.78, 5) is 10.8. The molecule has 0 aromatic carbocycles. The summed E-state index contributed by atoms with van der Waals surface area (Å²) in [5.41, 5.74) is -0.552. The average Bonchev–Trinajstić information content (AvgIpc) is 2.38. The molecule has 112 valence electrons. The number of rotatable bonds is 0. The van der Waals surface area contributed by atoms with Crippen molar-refractivity contribution in [2.45, 2.75) is 86.1 Å². The zero-order valence-corrected chi connectivity index (χ0v) is 14.2. The molecule has 1 unspecified atom stereocenters. The van der Waals surface area contributed by atoms with Crippen LogP contribution in [0.25, 0.3) is 0 Å². The molecule has 1 saturated heterocycles. The van der Waals surface area contributed by atoms with Gasteiger partial charge in [-0.15, -0.1) is 0 Å². The fourth-order valence-corrected chi connectivity index (χ4v) is 1.52. The number of aliphatic imine (C=N–C) groups is 1. The van der Waals surface area contributed by atoms with E-state index in [1.165, 1.54) is 0 Å². The van der Waals surface area contributed by atoms with Gasteiger partial charge < -0.3 is 4.74 Å². The smallest absolute Gasteiger partial charge is 0.315 e. The van der Waals surface area contributed by atoms with Crippen molar-refractivity contribution < 1.29 is 9.57 Å². The van der Waals surface area contributed by atoms with E-state index in [1.54, 1.807) is 5.06 Å². The fraction of sp³-hybridized carbons (Fsp3) is 0.933. The van der Waals surface area contributed by atoms with E-state index in [2.05, 4.69) is 67.3 Å². The van der Waals surface area contributed by atoms with E-state index in [4.69, 9.17) is 9.57 Å². The standard InChI is InChI=1S/C15H30N2O2/c1-12(2,3)15(10)18-11(16-13(4,5)6)17(19-15)14(7,8)9/h1-10H3. The lowest BCUT2D eigenvalue weighted by Gasteiger charge is -2.36. The SMILES string of the molecule is CC(C)(C)N=C1OC(C)(C(C)(C)C)ON1C(C)(C)C. The highest BCUT2D eigenvalue weighted by molar-refractivity contribution is 5.75. The maximum Gasteiger partial charge on any atom is 0.315 e. The van der Waals surface area contributed by atoms with Crippen LogP contribution in [0.15, 0.2) is 4.99 Å². The van der Waals surface area contributed by atoms with E-state index >= 15 is 0 Å². The first-order chi connectivity index (χ1) is 8.16. The van der Waals surface area contributed by atoms with Crippen LogP contribution in [0.2, 0.25) is 0 Å². The van der Waals surface area contributed by atoms with Gasteiger partial charge in [-0.25, -0.2) is 9.83 Å². The molecule has 0 spiro atoms. The van der Waals surface area contributed by atoms with Gasteiger partial charge in [-0.2, -0.15) is 5.06 Å². The third kappa shape index (κ3) is 3.62. The summed E-state index contributed by atoms with van der Waals surface area (Å²) in [5.74, 6) is -0.704. The van der Waals surface area contributed by atoms with Gasteiger partial charge in [-0.3, -0.25) is 0 Å². The van der Waals surface area contributed by atoms with Crippen LogP contribution >= 0.6 is 0 Å². The minimum atomic E-state index is -0.704. The lowest BCUT2D eigenvalue weighted by Crippen LogP contribution is -2.45. The quantitative estimate of drug-likeness (QED) is 0.668. The second kappa shape index (κ2) is 4.37. The molecule has 1 rings (SSSR count). The summed E-state index contributed by atoms with van der Waals surface area (Å²) >= 11 is 0. The minimum absolute atomic E-state index is 0.147. The van der Waals surface area contributed by atoms with Gasteiger partial charge >= 0.3 is 6.02 Å². The molecule has 0 bridgehead atoms. The van der Waals surface area contributed by atoms with Crippen molar-refractivity contribution in [3.63, 3.8) is 0 Å². The molecule has 0 radical (unpaired) electrons. The summed E-state index contributed by atoms with van der Waals surface area (Å²) in [5, 5.41) is 1.80. The first kappa shape index (κ1) is 16.3. The van der Waals surface area contributed by atoms with E-state index in [9.17, 15) is 0 Å². The number of ether oxygens (including phenoxy) is 1. The molecule has 0 amide bonds. The number of hydrogen-bond donors (Lipinski definition) is 0. The number of nitrogens with zero attached hydrogens (tertiary/aromatic N) is 2. The molecular weight excluding hydrogens is 240 g/mol. The Morgan fingerprint density at radius 1 is 0.947 bits per heavy atom. The van der Waals surface area contributed by atoms with Gasteiger partial charge in [0, 0.05) is 12.3 Å². The molecule has 1 aliphatic rings. The second-order valence-electron chi connectivity index (χ2n) is 8.42. The third-order valence-electron chi connectivity index (χ3n) is 3.13. The molecule has 1 fully saturated rings. The topological polar surface area (TPSA) is 34.1 Å². The van der Waals surface area contributed by atoms with Crippen LogP contribution in [0, 0.1) is 5.41 Å². The Kier molecular flexibility index (Phi) is 3.74. The lowest BCUT2D eigenvalue weighted by molar-refractivity contribution is -0.288. The predicted octanol–water partition coefficient (Wildman–Crippen LogP) is 3.97. The summed E-state index contributed by atoms with van der Waals surface area (Å²) in [7, 11) is 0. The van der Waals surface area contributed by atoms with Crippen LogP contribution in [0.4, 0.5) is 0 Å². The summed E-state index contributed by atoms with van der Waals surface area (Å²) in [6.07, 6.45) is 0. The largest absolute Gasteiger partial charge is 0.429 e. The Morgan fingerprint density at radius 2 is 1.42 bits per heavy atom. The van der Waals surface area contributed by atoms with Crippen molar-refractivity contribution >= 4 is 6.02 Å². The maximum absolute atomic E-state index is 6.12. The zero-order chi connectivity index (χ0) is 15.3. The van der Waals surface area contributed by atoms with Crippen LogP contribution in [0.3, 0.4) is 0 Å². The van der Waals surface area contributed by atoms with Crippen molar-refractivity contribution in [3.05, 3.63) is 0 Å². The van der Waals surface area contributed by atoms with Crippen molar-refractivity contribution in [3.8, 4) is 0 Å². The average molecular weight is 270 g/mol. The van der Waals surface area contributed by atoms with Gasteiger partial charge in [-0.05, 0) is 41.5 Å². The summed E-state index contributed by atoms with van der Waals surface area (Å²) in [6, 6.07) is 0.567. The number of amidine groups is 1. The predicted molar refractivity (Wildman–Crippen MR) is 78.8 cm³/mol. The Hall–Kier alpha value is -0.770. The molecule has 4 nitrogen and oxygen atoms in total. The normalized spacial score (nSPS) is 27.9. The highest BCUT2D eigenvalue weighted by Gasteiger charge is 2.53. The molecule has 0 aromatic rings. The first-order valence-corrected chi connectivity index (χ1v) is 6.94. The van der Waals surface area contributed by atoms with Gasteiger partial charge in [0.25, 0.3) is 0 Å². The Labute approximate surface area is 118 Å². The Bertz CT molecular complexity index is 369. The van der Waals surface area contributed by atoms with E-state index in [0.717, 1.165) is 0 Å². The van der Waals surface area contributed by atoms with Crippen molar-refractivity contribution in [1.29, 1.82) is 0 Å². The molecule has 0 saturated carbocycles. The van der Waals surface area contributed by atoms with E-state index in [1.807, 2.05) is 6.92 Å². The van der Waals surface area contributed by atoms with E-state index < -0.39 is 5.79 Å². The highest BCUT2D eigenvalue weighted by atomic mass is 16.9. The third-order valence-corrected chi connectivity index (χ3v) is 3.13. The fourth-order valence-electron chi connectivity index (χ4n) is 1.52. The Balaban J connectivity index is 3.20. The van der Waals surface area contributed by atoms with Crippen molar-refractivity contribution in [2.75, 3.05) is 0 Å². The molecule has 0 aliphatic carbocycles. The summed E-state index contributed by atoms with van der Waals surface area (Å²) < 4.78 is 6.08. The number of hydrogen-bond acceptors (Lipinski definition) is 3. The van der Waals surface area contributed by atoms with Gasteiger partial charge in [-0.1, -0.05) is 20.8 Å². The molecule has 0 aromatic heterocycles. The minimum Gasteiger partial charge on any atom is -0.429 e. The molecule has 4 heteroatoms. The number of hydroxylamine groups is 2. The van der Waals surface area contributed by atoms with Crippen LogP contribution < -0.4 is 0 Å². The van der Waals surface area contributed by atoms with Gasteiger partial charge in [0.15, 0.2) is 0 Å². The molecule has 1 heterocycles. The van der Waals surface area contributed by atoms with Gasteiger partial charge in [0.1, 0.15) is 0 Å². The van der Waals surface area contributed by atoms with Crippen LogP contribution in [-0.4, -0.2) is 27.9 Å². The maximum atomic E-state index is 6.12. The van der Waals surface area contributed by atoms with Crippen molar-refractivity contribution in [1.82, 2.24) is 5.06 Å². The molecule has 1 atom stereocenters. The lowest BCUT2D eigenvalue weighted by atomic mass is 9.87. The van der Waals surface area contributed by atoms with Crippen molar-refractivity contribution in [2.24, 2.45) is 10.4 Å². The molecular formula is C15H30N2O2. The zero-order valence-electron chi connectivity index (χ0n) is 14.2. The van der Waals surface area contributed by atoms with Crippen LogP contribution in [-0.2, 0) is 9.57 Å². The molecule has 0 N–H and O–H groups in total. The van der Waals surface area contributed by atoms with Crippen LogP contribution in [0.5, 0.6) is 0 Å². The van der Waals surface area contributed by atoms with E-state index in [0.29, 0.717) is 6.02 Å². The molecule has 19 heavy (non-hydrogen) atoms. The summed E-state index contributed by atoms with van der Waals surface area (Å²) in [6.45, 7) is 20.7. The first-order valence-electron chi connectivity index (χ1n) is 6.94. The molecule has 1 aliphatic heterocycles. The van der Waals surface area contributed by atoms with Crippen LogP contribution in [0.1, 0.15) is 69.2 Å². The van der Waals surface area contributed by atoms with Gasteiger partial charge in [0.05, 0.1) is 11.1 Å². The second-order valence-corrected chi connectivity index (χ2v) is 8.42. The monoisotopic (exact) mass is 270 g/mol.